The number of hydrogen-bond donors (Lipinski definition) is 0. The molecule has 1 atom stereocenters. The summed E-state index contributed by atoms with van der Waals surface area (Å²) in [6.45, 7) is 4.39. The fraction of sp³-hybridized carbons (Fsp3) is 0.500. The van der Waals surface area contributed by atoms with E-state index in [0.717, 1.165) is 36.3 Å². The zero-order chi connectivity index (χ0) is 16.3. The van der Waals surface area contributed by atoms with E-state index in [-0.39, 0.29) is 17.5 Å². The van der Waals surface area contributed by atoms with Gasteiger partial charge in [-0.2, -0.15) is 4.98 Å². The zero-order valence-electron chi connectivity index (χ0n) is 13.5. The van der Waals surface area contributed by atoms with Crippen molar-refractivity contribution in [2.45, 2.75) is 17.9 Å². The molecule has 0 saturated carbocycles. The van der Waals surface area contributed by atoms with Gasteiger partial charge in [-0.25, -0.2) is 9.18 Å². The number of aryl methyl sites for hydroxylation is 2. The number of benzene rings is 1. The molecule has 0 aliphatic carbocycles. The molecule has 1 unspecified atom stereocenters. The van der Waals surface area contributed by atoms with E-state index in [1.165, 1.54) is 4.57 Å². The molecule has 1 aromatic carbocycles. The Bertz CT molecular complexity index is 866. The maximum atomic E-state index is 14.7. The minimum absolute atomic E-state index is 0.183. The quantitative estimate of drug-likeness (QED) is 0.732. The molecule has 0 N–H and O–H groups in total. The number of nitrogens with zero attached hydrogens (tertiary/aromatic N) is 4. The molecule has 3 heterocycles. The van der Waals surface area contributed by atoms with Crippen molar-refractivity contribution in [3.8, 4) is 0 Å². The van der Waals surface area contributed by atoms with Gasteiger partial charge in [0.25, 0.3) is 0 Å². The van der Waals surface area contributed by atoms with Gasteiger partial charge < -0.3 is 9.80 Å². The molecular formula is C16H19FN4OS. The molecule has 2 aliphatic heterocycles. The highest BCUT2D eigenvalue weighted by molar-refractivity contribution is 7.99. The molecular weight excluding hydrogens is 315 g/mol. The first kappa shape index (κ1) is 15.0. The Balaban J connectivity index is 2.06. The van der Waals surface area contributed by atoms with Crippen molar-refractivity contribution in [3.05, 3.63) is 27.9 Å². The van der Waals surface area contributed by atoms with Crippen molar-refractivity contribution in [1.29, 1.82) is 0 Å². The molecule has 2 aromatic rings. The van der Waals surface area contributed by atoms with E-state index < -0.39 is 0 Å². The highest BCUT2D eigenvalue weighted by Gasteiger charge is 2.33. The standard InChI is InChI=1S/C16H19FN4OS/c1-9-6-11-12-14(13(9)17)23-8-10-7-19(2)4-5-21(10)15(12)18-16(22)20(11)3/h6,10H,4-5,7-8H2,1-3H3. The molecule has 0 bridgehead atoms. The summed E-state index contributed by atoms with van der Waals surface area (Å²) in [7, 11) is 3.80. The van der Waals surface area contributed by atoms with Crippen molar-refractivity contribution in [2.75, 3.05) is 37.3 Å². The SMILES string of the molecule is Cc1cc2c3c(nc(=O)n2C)N2CCN(C)CC2CSc3c1F. The first-order chi connectivity index (χ1) is 11.0. The van der Waals surface area contributed by atoms with Crippen LogP contribution in [-0.2, 0) is 7.05 Å². The van der Waals surface area contributed by atoms with Gasteiger partial charge in [0.2, 0.25) is 0 Å². The lowest BCUT2D eigenvalue weighted by atomic mass is 10.1. The summed E-state index contributed by atoms with van der Waals surface area (Å²) in [4.78, 5) is 21.7. The number of halogens is 1. The number of fused-ring (bicyclic) bond motifs is 2. The number of anilines is 1. The summed E-state index contributed by atoms with van der Waals surface area (Å²) in [5, 5.41) is 0.784. The summed E-state index contributed by atoms with van der Waals surface area (Å²) in [5.74, 6) is 1.27. The maximum absolute atomic E-state index is 14.7. The Morgan fingerprint density at radius 2 is 2.13 bits per heavy atom. The molecule has 0 radical (unpaired) electrons. The van der Waals surface area contributed by atoms with Crippen molar-refractivity contribution in [1.82, 2.24) is 14.5 Å². The minimum atomic E-state index is -0.283. The largest absolute Gasteiger partial charge is 0.349 e. The van der Waals surface area contributed by atoms with Crippen LogP contribution in [0.1, 0.15) is 5.56 Å². The van der Waals surface area contributed by atoms with E-state index in [4.69, 9.17) is 0 Å². The van der Waals surface area contributed by atoms with Crippen molar-refractivity contribution in [3.63, 3.8) is 0 Å². The van der Waals surface area contributed by atoms with E-state index >= 15 is 0 Å². The van der Waals surface area contributed by atoms with Crippen LogP contribution in [0.2, 0.25) is 0 Å². The highest BCUT2D eigenvalue weighted by Crippen LogP contribution is 2.41. The molecule has 1 saturated heterocycles. The fourth-order valence-electron chi connectivity index (χ4n) is 3.51. The molecule has 0 amide bonds. The predicted molar refractivity (Wildman–Crippen MR) is 91.0 cm³/mol. The van der Waals surface area contributed by atoms with Gasteiger partial charge >= 0.3 is 5.69 Å². The molecule has 7 heteroatoms. The lowest BCUT2D eigenvalue weighted by molar-refractivity contribution is 0.277. The monoisotopic (exact) mass is 334 g/mol. The Kier molecular flexibility index (Phi) is 3.39. The molecule has 1 fully saturated rings. The topological polar surface area (TPSA) is 41.4 Å². The number of likely N-dealkylation sites (N-methyl/N-ethyl adjacent to an activating group) is 1. The lowest BCUT2D eigenvalue weighted by Crippen LogP contribution is -2.53. The van der Waals surface area contributed by atoms with Crippen LogP contribution in [0.15, 0.2) is 15.8 Å². The van der Waals surface area contributed by atoms with Crippen molar-refractivity contribution >= 4 is 28.5 Å². The number of rotatable bonds is 0. The predicted octanol–water partition coefficient (Wildman–Crippen LogP) is 1.61. The second kappa shape index (κ2) is 5.21. The van der Waals surface area contributed by atoms with Crippen LogP contribution in [-0.4, -0.2) is 52.9 Å². The van der Waals surface area contributed by atoms with Crippen molar-refractivity contribution in [2.24, 2.45) is 7.05 Å². The zero-order valence-corrected chi connectivity index (χ0v) is 14.3. The van der Waals surface area contributed by atoms with Gasteiger partial charge in [-0.3, -0.25) is 4.57 Å². The van der Waals surface area contributed by atoms with Crippen LogP contribution in [0.3, 0.4) is 0 Å². The highest BCUT2D eigenvalue weighted by atomic mass is 32.2. The summed E-state index contributed by atoms with van der Waals surface area (Å²) >= 11 is 1.55. The molecule has 122 valence electrons. The summed E-state index contributed by atoms with van der Waals surface area (Å²) in [5.41, 5.74) is 1.05. The smallest absolute Gasteiger partial charge is 0.349 e. The van der Waals surface area contributed by atoms with Gasteiger partial charge in [0, 0.05) is 32.4 Å². The average molecular weight is 334 g/mol. The van der Waals surface area contributed by atoms with Crippen LogP contribution >= 0.6 is 11.8 Å². The number of thioether (sulfide) groups is 1. The molecule has 5 nitrogen and oxygen atoms in total. The maximum Gasteiger partial charge on any atom is 0.349 e. The van der Waals surface area contributed by atoms with E-state index in [1.807, 2.05) is 0 Å². The third kappa shape index (κ3) is 2.17. The van der Waals surface area contributed by atoms with Crippen molar-refractivity contribution < 1.29 is 4.39 Å². The molecule has 2 aliphatic rings. The minimum Gasteiger partial charge on any atom is -0.349 e. The second-order valence-electron chi connectivity index (χ2n) is 6.43. The summed E-state index contributed by atoms with van der Waals surface area (Å²) in [6, 6.07) is 2.01. The van der Waals surface area contributed by atoms with Gasteiger partial charge in [-0.15, -0.1) is 11.8 Å². The Hall–Kier alpha value is -1.60. The van der Waals surface area contributed by atoms with Crippen LogP contribution in [0.5, 0.6) is 0 Å². The lowest BCUT2D eigenvalue weighted by Gasteiger charge is -2.39. The number of hydrogen-bond acceptors (Lipinski definition) is 5. The van der Waals surface area contributed by atoms with Gasteiger partial charge in [0.15, 0.2) is 0 Å². The van der Waals surface area contributed by atoms with E-state index in [1.54, 1.807) is 31.8 Å². The van der Waals surface area contributed by atoms with Crippen LogP contribution in [0, 0.1) is 12.7 Å². The third-order valence-electron chi connectivity index (χ3n) is 4.83. The van der Waals surface area contributed by atoms with E-state index in [9.17, 15) is 9.18 Å². The molecule has 1 aromatic heterocycles. The first-order valence-electron chi connectivity index (χ1n) is 7.75. The van der Waals surface area contributed by atoms with Gasteiger partial charge in [0.05, 0.1) is 21.8 Å². The van der Waals surface area contributed by atoms with Gasteiger partial charge in [0.1, 0.15) is 11.6 Å². The Labute approximate surface area is 138 Å². The van der Waals surface area contributed by atoms with Crippen LogP contribution in [0.25, 0.3) is 10.9 Å². The Morgan fingerprint density at radius 3 is 2.91 bits per heavy atom. The molecule has 0 spiro atoms. The molecule has 4 rings (SSSR count). The third-order valence-corrected chi connectivity index (χ3v) is 6.06. The van der Waals surface area contributed by atoms with Crippen LogP contribution < -0.4 is 10.6 Å². The number of aromatic nitrogens is 2. The van der Waals surface area contributed by atoms with Gasteiger partial charge in [-0.1, -0.05) is 0 Å². The van der Waals surface area contributed by atoms with Crippen LogP contribution in [0.4, 0.5) is 10.2 Å². The summed E-state index contributed by atoms with van der Waals surface area (Å²) in [6.07, 6.45) is 0. The van der Waals surface area contributed by atoms with E-state index in [0.29, 0.717) is 16.3 Å². The normalized spacial score (nSPS) is 21.4. The second-order valence-corrected chi connectivity index (χ2v) is 7.46. The summed E-state index contributed by atoms with van der Waals surface area (Å²) < 4.78 is 16.3. The number of piperazine rings is 1. The molecule has 23 heavy (non-hydrogen) atoms. The Morgan fingerprint density at radius 1 is 1.35 bits per heavy atom. The fourth-order valence-corrected chi connectivity index (χ4v) is 4.78. The average Bonchev–Trinajstić information content (AvgIpc) is 2.67. The van der Waals surface area contributed by atoms with E-state index in [2.05, 4.69) is 21.8 Å². The first-order valence-corrected chi connectivity index (χ1v) is 8.73. The van der Waals surface area contributed by atoms with Gasteiger partial charge in [-0.05, 0) is 25.6 Å².